The lowest BCUT2D eigenvalue weighted by Gasteiger charge is -2.18. The third kappa shape index (κ3) is 2.87. The quantitative estimate of drug-likeness (QED) is 0.710. The van der Waals surface area contributed by atoms with Gasteiger partial charge in [0.05, 0.1) is 13.7 Å². The van der Waals surface area contributed by atoms with Crippen molar-refractivity contribution in [3.63, 3.8) is 0 Å². The molecule has 4 N–H and O–H groups in total. The smallest absolute Gasteiger partial charge is 0.259 e. The lowest BCUT2D eigenvalue weighted by atomic mass is 10.1. The van der Waals surface area contributed by atoms with Crippen LogP contribution in [0.5, 0.6) is 5.75 Å². The van der Waals surface area contributed by atoms with E-state index in [0.717, 1.165) is 0 Å². The number of nitrogen functional groups attached to an aromatic ring is 1. The van der Waals surface area contributed by atoms with Crippen LogP contribution < -0.4 is 16.2 Å². The largest absolute Gasteiger partial charge is 0.496 e. The van der Waals surface area contributed by atoms with Crippen molar-refractivity contribution < 1.29 is 14.3 Å². The molecular weight excluding hydrogens is 222 g/mol. The number of methoxy groups -OCH3 is 1. The van der Waals surface area contributed by atoms with Gasteiger partial charge in [-0.25, -0.2) is 0 Å². The van der Waals surface area contributed by atoms with Crippen molar-refractivity contribution in [3.8, 4) is 5.75 Å². The number of amides is 2. The van der Waals surface area contributed by atoms with E-state index in [0.29, 0.717) is 11.4 Å². The molecule has 1 aromatic rings. The molecule has 0 aliphatic rings. The molecule has 1 aromatic carbocycles. The van der Waals surface area contributed by atoms with Crippen LogP contribution in [-0.4, -0.2) is 37.4 Å². The number of anilines is 1. The predicted molar refractivity (Wildman–Crippen MR) is 63.6 cm³/mol. The van der Waals surface area contributed by atoms with E-state index in [2.05, 4.69) is 0 Å². The molecule has 0 aliphatic heterocycles. The molecular formula is C11H15N3O3. The van der Waals surface area contributed by atoms with E-state index in [-0.39, 0.29) is 12.1 Å². The van der Waals surface area contributed by atoms with Crippen molar-refractivity contribution in [1.29, 1.82) is 0 Å². The third-order valence-corrected chi connectivity index (χ3v) is 2.23. The monoisotopic (exact) mass is 237 g/mol. The summed E-state index contributed by atoms with van der Waals surface area (Å²) in [6, 6.07) is 4.90. The van der Waals surface area contributed by atoms with Gasteiger partial charge in [0.2, 0.25) is 5.91 Å². The van der Waals surface area contributed by atoms with Crippen molar-refractivity contribution >= 4 is 17.5 Å². The zero-order valence-corrected chi connectivity index (χ0v) is 9.77. The first-order valence-electron chi connectivity index (χ1n) is 4.93. The molecule has 0 radical (unpaired) electrons. The average molecular weight is 237 g/mol. The Labute approximate surface area is 99.1 Å². The summed E-state index contributed by atoms with van der Waals surface area (Å²) in [7, 11) is 2.92. The van der Waals surface area contributed by atoms with Crippen molar-refractivity contribution in [2.75, 3.05) is 26.4 Å². The Kier molecular flexibility index (Phi) is 3.92. The molecule has 17 heavy (non-hydrogen) atoms. The Morgan fingerprint density at radius 1 is 1.41 bits per heavy atom. The van der Waals surface area contributed by atoms with Crippen molar-refractivity contribution in [2.45, 2.75) is 0 Å². The van der Waals surface area contributed by atoms with Crippen LogP contribution in [0.25, 0.3) is 0 Å². The second-order valence-electron chi connectivity index (χ2n) is 3.55. The van der Waals surface area contributed by atoms with Crippen LogP contribution >= 0.6 is 0 Å². The Morgan fingerprint density at radius 3 is 2.59 bits per heavy atom. The van der Waals surface area contributed by atoms with Gasteiger partial charge in [-0.1, -0.05) is 6.07 Å². The van der Waals surface area contributed by atoms with Crippen molar-refractivity contribution in [3.05, 3.63) is 23.8 Å². The van der Waals surface area contributed by atoms with Gasteiger partial charge in [0.1, 0.15) is 11.3 Å². The standard InChI is InChI=1S/C11H15N3O3/c1-14(6-9(13)15)11(16)10-7(12)4-3-5-8(10)17-2/h3-5H,6,12H2,1-2H3,(H2,13,15). The van der Waals surface area contributed by atoms with E-state index in [1.54, 1.807) is 18.2 Å². The maximum absolute atomic E-state index is 12.0. The van der Waals surface area contributed by atoms with Crippen LogP contribution in [-0.2, 0) is 4.79 Å². The highest BCUT2D eigenvalue weighted by Gasteiger charge is 2.20. The fraction of sp³-hybridized carbons (Fsp3) is 0.273. The van der Waals surface area contributed by atoms with Crippen LogP contribution in [0.1, 0.15) is 10.4 Å². The maximum atomic E-state index is 12.0. The van der Waals surface area contributed by atoms with Crippen LogP contribution in [0.15, 0.2) is 18.2 Å². The molecule has 0 unspecified atom stereocenters. The van der Waals surface area contributed by atoms with Gasteiger partial charge >= 0.3 is 0 Å². The molecule has 0 spiro atoms. The summed E-state index contributed by atoms with van der Waals surface area (Å²) in [5.41, 5.74) is 11.3. The molecule has 2 amide bonds. The van der Waals surface area contributed by atoms with Gasteiger partial charge in [0.15, 0.2) is 0 Å². The van der Waals surface area contributed by atoms with Gasteiger partial charge in [-0.05, 0) is 12.1 Å². The molecule has 0 saturated carbocycles. The zero-order valence-electron chi connectivity index (χ0n) is 9.77. The number of carbonyl (C=O) groups excluding carboxylic acids is 2. The minimum absolute atomic E-state index is 0.170. The van der Waals surface area contributed by atoms with Crippen LogP contribution in [0.3, 0.4) is 0 Å². The Bertz CT molecular complexity index is 446. The summed E-state index contributed by atoms with van der Waals surface area (Å²) in [6.07, 6.45) is 0. The van der Waals surface area contributed by atoms with E-state index >= 15 is 0 Å². The number of carbonyl (C=O) groups is 2. The number of ether oxygens (including phenoxy) is 1. The highest BCUT2D eigenvalue weighted by molar-refractivity contribution is 6.02. The normalized spacial score (nSPS) is 9.76. The van der Waals surface area contributed by atoms with Gasteiger partial charge in [0, 0.05) is 12.7 Å². The first-order chi connectivity index (χ1) is 7.97. The number of rotatable bonds is 4. The highest BCUT2D eigenvalue weighted by atomic mass is 16.5. The summed E-state index contributed by atoms with van der Waals surface area (Å²) < 4.78 is 5.06. The number of hydrogen-bond acceptors (Lipinski definition) is 4. The van der Waals surface area contributed by atoms with Crippen LogP contribution in [0, 0.1) is 0 Å². The molecule has 1 rings (SSSR count). The number of primary amides is 1. The van der Waals surface area contributed by atoms with Crippen molar-refractivity contribution in [1.82, 2.24) is 4.90 Å². The van der Waals surface area contributed by atoms with Gasteiger partial charge in [0.25, 0.3) is 5.91 Å². The van der Waals surface area contributed by atoms with E-state index in [9.17, 15) is 9.59 Å². The number of benzene rings is 1. The first-order valence-corrected chi connectivity index (χ1v) is 4.93. The highest BCUT2D eigenvalue weighted by Crippen LogP contribution is 2.25. The van der Waals surface area contributed by atoms with Gasteiger partial charge in [-0.15, -0.1) is 0 Å². The van der Waals surface area contributed by atoms with E-state index in [1.165, 1.54) is 19.1 Å². The number of nitrogens with zero attached hydrogens (tertiary/aromatic N) is 1. The molecule has 0 atom stereocenters. The van der Waals surface area contributed by atoms with Gasteiger partial charge < -0.3 is 21.1 Å². The minimum Gasteiger partial charge on any atom is -0.496 e. The summed E-state index contributed by atoms with van der Waals surface area (Å²) in [6.45, 7) is -0.170. The van der Waals surface area contributed by atoms with Crippen LogP contribution in [0.4, 0.5) is 5.69 Å². The fourth-order valence-electron chi connectivity index (χ4n) is 1.44. The predicted octanol–water partition coefficient (Wildman–Crippen LogP) is -0.165. The third-order valence-electron chi connectivity index (χ3n) is 2.23. The van der Waals surface area contributed by atoms with E-state index in [1.807, 2.05) is 0 Å². The van der Waals surface area contributed by atoms with Crippen molar-refractivity contribution in [2.24, 2.45) is 5.73 Å². The lowest BCUT2D eigenvalue weighted by molar-refractivity contribution is -0.118. The topological polar surface area (TPSA) is 98.7 Å². The van der Waals surface area contributed by atoms with Gasteiger partial charge in [-0.3, -0.25) is 9.59 Å². The molecule has 0 aromatic heterocycles. The zero-order chi connectivity index (χ0) is 13.0. The second kappa shape index (κ2) is 5.20. The number of nitrogens with two attached hydrogens (primary N) is 2. The number of likely N-dealkylation sites (N-methyl/N-ethyl adjacent to an activating group) is 1. The molecule has 0 bridgehead atoms. The lowest BCUT2D eigenvalue weighted by Crippen LogP contribution is -2.35. The van der Waals surface area contributed by atoms with E-state index in [4.69, 9.17) is 16.2 Å². The summed E-state index contributed by atoms with van der Waals surface area (Å²) in [5, 5.41) is 0. The Morgan fingerprint density at radius 2 is 2.06 bits per heavy atom. The molecule has 0 heterocycles. The van der Waals surface area contributed by atoms with Crippen LogP contribution in [0.2, 0.25) is 0 Å². The first kappa shape index (κ1) is 12.8. The minimum atomic E-state index is -0.589. The molecule has 0 aliphatic carbocycles. The summed E-state index contributed by atoms with van der Waals surface area (Å²) in [5.74, 6) is -0.626. The maximum Gasteiger partial charge on any atom is 0.259 e. The molecule has 0 saturated heterocycles. The van der Waals surface area contributed by atoms with Gasteiger partial charge in [-0.2, -0.15) is 0 Å². The Balaban J connectivity index is 3.07. The fourth-order valence-corrected chi connectivity index (χ4v) is 1.44. The summed E-state index contributed by atoms with van der Waals surface area (Å²) >= 11 is 0. The molecule has 92 valence electrons. The average Bonchev–Trinajstić information content (AvgIpc) is 2.26. The second-order valence-corrected chi connectivity index (χ2v) is 3.55. The SMILES string of the molecule is COc1cccc(N)c1C(=O)N(C)CC(N)=O. The Hall–Kier alpha value is -2.24. The number of hydrogen-bond donors (Lipinski definition) is 2. The molecule has 6 nitrogen and oxygen atoms in total. The summed E-state index contributed by atoms with van der Waals surface area (Å²) in [4.78, 5) is 24.0. The molecule has 6 heteroatoms. The molecule has 0 fully saturated rings. The van der Waals surface area contributed by atoms with E-state index < -0.39 is 11.8 Å².